The van der Waals surface area contributed by atoms with Crippen molar-refractivity contribution in [2.45, 2.75) is 45.4 Å². The van der Waals surface area contributed by atoms with Crippen molar-refractivity contribution in [3.63, 3.8) is 0 Å². The summed E-state index contributed by atoms with van der Waals surface area (Å²) in [5.74, 6) is 2.02. The fourth-order valence-corrected chi connectivity index (χ4v) is 3.18. The van der Waals surface area contributed by atoms with E-state index in [1.54, 1.807) is 0 Å². The summed E-state index contributed by atoms with van der Waals surface area (Å²) in [7, 11) is 0. The first-order valence-electron chi connectivity index (χ1n) is 7.67. The number of piperidine rings is 1. The SMILES string of the molecule is CC1C[C@H]1CCc1ccc(N2CCCCC2)cc1. The van der Waals surface area contributed by atoms with Gasteiger partial charge in [0, 0.05) is 18.8 Å². The Morgan fingerprint density at radius 2 is 1.72 bits per heavy atom. The predicted octanol–water partition coefficient (Wildman–Crippen LogP) is 4.27. The monoisotopic (exact) mass is 243 g/mol. The van der Waals surface area contributed by atoms with Gasteiger partial charge in [0.05, 0.1) is 0 Å². The molecule has 98 valence electrons. The lowest BCUT2D eigenvalue weighted by atomic mass is 10.1. The molecule has 0 spiro atoms. The summed E-state index contributed by atoms with van der Waals surface area (Å²) < 4.78 is 0. The first-order chi connectivity index (χ1) is 8.83. The molecule has 1 aromatic carbocycles. The van der Waals surface area contributed by atoms with E-state index in [-0.39, 0.29) is 0 Å². The predicted molar refractivity (Wildman–Crippen MR) is 78.1 cm³/mol. The molecule has 18 heavy (non-hydrogen) atoms. The highest BCUT2D eigenvalue weighted by Crippen LogP contribution is 2.41. The molecule has 0 aromatic heterocycles. The summed E-state index contributed by atoms with van der Waals surface area (Å²) in [5.41, 5.74) is 2.95. The van der Waals surface area contributed by atoms with Crippen molar-refractivity contribution in [3.05, 3.63) is 29.8 Å². The number of anilines is 1. The molecule has 1 heteroatoms. The normalized spacial score (nSPS) is 27.3. The Hall–Kier alpha value is -0.980. The van der Waals surface area contributed by atoms with Crippen LogP contribution in [0.3, 0.4) is 0 Å². The fraction of sp³-hybridized carbons (Fsp3) is 0.647. The van der Waals surface area contributed by atoms with Crippen LogP contribution in [0.2, 0.25) is 0 Å². The zero-order chi connectivity index (χ0) is 12.4. The first-order valence-corrected chi connectivity index (χ1v) is 7.67. The number of rotatable bonds is 4. The number of hydrogen-bond acceptors (Lipinski definition) is 1. The number of benzene rings is 1. The van der Waals surface area contributed by atoms with Gasteiger partial charge in [-0.25, -0.2) is 0 Å². The van der Waals surface area contributed by atoms with Crippen LogP contribution in [-0.4, -0.2) is 13.1 Å². The molecule has 0 N–H and O–H groups in total. The average molecular weight is 243 g/mol. The molecule has 0 bridgehead atoms. The van der Waals surface area contributed by atoms with Crippen molar-refractivity contribution in [1.29, 1.82) is 0 Å². The summed E-state index contributed by atoms with van der Waals surface area (Å²) in [6.45, 7) is 4.88. The van der Waals surface area contributed by atoms with E-state index in [2.05, 4.69) is 36.1 Å². The topological polar surface area (TPSA) is 3.24 Å². The lowest BCUT2D eigenvalue weighted by Crippen LogP contribution is -2.29. The van der Waals surface area contributed by atoms with Gasteiger partial charge in [-0.15, -0.1) is 0 Å². The zero-order valence-electron chi connectivity index (χ0n) is 11.6. The molecule has 1 aliphatic heterocycles. The third-order valence-electron chi connectivity index (χ3n) is 4.74. The summed E-state index contributed by atoms with van der Waals surface area (Å²) in [5, 5.41) is 0. The quantitative estimate of drug-likeness (QED) is 0.763. The van der Waals surface area contributed by atoms with Crippen LogP contribution >= 0.6 is 0 Å². The van der Waals surface area contributed by atoms with Crippen LogP contribution in [0.15, 0.2) is 24.3 Å². The highest BCUT2D eigenvalue weighted by molar-refractivity contribution is 5.47. The van der Waals surface area contributed by atoms with Crippen LogP contribution < -0.4 is 4.90 Å². The van der Waals surface area contributed by atoms with Crippen LogP contribution in [0.25, 0.3) is 0 Å². The fourth-order valence-electron chi connectivity index (χ4n) is 3.18. The van der Waals surface area contributed by atoms with Gasteiger partial charge in [0.2, 0.25) is 0 Å². The van der Waals surface area contributed by atoms with E-state index in [0.29, 0.717) is 0 Å². The molecular weight excluding hydrogens is 218 g/mol. The average Bonchev–Trinajstić information content (AvgIpc) is 3.14. The smallest absolute Gasteiger partial charge is 0.0366 e. The molecule has 3 rings (SSSR count). The van der Waals surface area contributed by atoms with E-state index in [0.717, 1.165) is 11.8 Å². The van der Waals surface area contributed by atoms with Gasteiger partial charge in [-0.2, -0.15) is 0 Å². The Morgan fingerprint density at radius 3 is 2.33 bits per heavy atom. The molecule has 1 nitrogen and oxygen atoms in total. The van der Waals surface area contributed by atoms with Crippen molar-refractivity contribution in [2.24, 2.45) is 11.8 Å². The molecule has 1 aliphatic carbocycles. The van der Waals surface area contributed by atoms with Crippen molar-refractivity contribution < 1.29 is 0 Å². The van der Waals surface area contributed by atoms with Crippen LogP contribution in [0.5, 0.6) is 0 Å². The molecular formula is C17H25N. The molecule has 0 radical (unpaired) electrons. The molecule has 2 fully saturated rings. The second-order valence-electron chi connectivity index (χ2n) is 6.23. The highest BCUT2D eigenvalue weighted by atomic mass is 15.1. The van der Waals surface area contributed by atoms with E-state index in [1.165, 1.54) is 62.9 Å². The molecule has 1 heterocycles. The van der Waals surface area contributed by atoms with Gasteiger partial charge in [0.15, 0.2) is 0 Å². The van der Waals surface area contributed by atoms with Crippen LogP contribution in [-0.2, 0) is 6.42 Å². The van der Waals surface area contributed by atoms with Crippen LogP contribution in [0, 0.1) is 11.8 Å². The second kappa shape index (κ2) is 5.34. The van der Waals surface area contributed by atoms with Crippen molar-refractivity contribution in [2.75, 3.05) is 18.0 Å². The molecule has 1 unspecified atom stereocenters. The van der Waals surface area contributed by atoms with Gasteiger partial charge in [-0.1, -0.05) is 19.1 Å². The Bertz CT molecular complexity index is 375. The molecule has 1 saturated heterocycles. The number of hydrogen-bond donors (Lipinski definition) is 0. The lowest BCUT2D eigenvalue weighted by molar-refractivity contribution is 0.578. The summed E-state index contributed by atoms with van der Waals surface area (Å²) in [6, 6.07) is 9.35. The maximum atomic E-state index is 2.54. The standard InChI is InChI=1S/C17H25N/c1-14-13-16(14)8-5-15-6-9-17(10-7-15)18-11-3-2-4-12-18/h6-7,9-10,14,16H,2-5,8,11-13H2,1H3/t14?,16-/m1/s1. The van der Waals surface area contributed by atoms with Gasteiger partial charge in [0.25, 0.3) is 0 Å². The Kier molecular flexibility index (Phi) is 3.58. The highest BCUT2D eigenvalue weighted by Gasteiger charge is 2.31. The Morgan fingerprint density at radius 1 is 1.06 bits per heavy atom. The van der Waals surface area contributed by atoms with Gasteiger partial charge in [-0.3, -0.25) is 0 Å². The van der Waals surface area contributed by atoms with Gasteiger partial charge in [0.1, 0.15) is 0 Å². The Balaban J connectivity index is 1.54. The van der Waals surface area contributed by atoms with Crippen molar-refractivity contribution in [3.8, 4) is 0 Å². The van der Waals surface area contributed by atoms with Crippen molar-refractivity contribution in [1.82, 2.24) is 0 Å². The van der Waals surface area contributed by atoms with E-state index < -0.39 is 0 Å². The molecule has 2 aliphatic rings. The maximum Gasteiger partial charge on any atom is 0.0366 e. The first kappa shape index (κ1) is 12.1. The number of aryl methyl sites for hydroxylation is 1. The van der Waals surface area contributed by atoms with E-state index >= 15 is 0 Å². The summed E-state index contributed by atoms with van der Waals surface area (Å²) in [6.07, 6.45) is 8.27. The van der Waals surface area contributed by atoms with Gasteiger partial charge < -0.3 is 4.90 Å². The minimum atomic E-state index is 0.998. The van der Waals surface area contributed by atoms with E-state index in [4.69, 9.17) is 0 Å². The molecule has 2 atom stereocenters. The molecule has 1 saturated carbocycles. The largest absolute Gasteiger partial charge is 0.372 e. The minimum absolute atomic E-state index is 0.998. The summed E-state index contributed by atoms with van der Waals surface area (Å²) in [4.78, 5) is 2.54. The second-order valence-corrected chi connectivity index (χ2v) is 6.23. The number of nitrogens with zero attached hydrogens (tertiary/aromatic N) is 1. The van der Waals surface area contributed by atoms with E-state index in [9.17, 15) is 0 Å². The maximum absolute atomic E-state index is 2.54. The summed E-state index contributed by atoms with van der Waals surface area (Å²) >= 11 is 0. The van der Waals surface area contributed by atoms with Crippen molar-refractivity contribution >= 4 is 5.69 Å². The third-order valence-corrected chi connectivity index (χ3v) is 4.74. The lowest BCUT2D eigenvalue weighted by Gasteiger charge is -2.28. The zero-order valence-corrected chi connectivity index (χ0v) is 11.6. The molecule has 0 amide bonds. The Labute approximate surface area is 111 Å². The third kappa shape index (κ3) is 2.88. The molecule has 1 aromatic rings. The van der Waals surface area contributed by atoms with Gasteiger partial charge >= 0.3 is 0 Å². The van der Waals surface area contributed by atoms with Crippen LogP contribution in [0.1, 0.15) is 44.6 Å². The van der Waals surface area contributed by atoms with E-state index in [1.807, 2.05) is 0 Å². The van der Waals surface area contributed by atoms with Gasteiger partial charge in [-0.05, 0) is 68.1 Å². The minimum Gasteiger partial charge on any atom is -0.372 e. The van der Waals surface area contributed by atoms with Crippen LogP contribution in [0.4, 0.5) is 5.69 Å².